The van der Waals surface area contributed by atoms with Crippen molar-refractivity contribution in [3.63, 3.8) is 0 Å². The van der Waals surface area contributed by atoms with Crippen LogP contribution in [0.15, 0.2) is 72.6 Å². The highest BCUT2D eigenvalue weighted by Crippen LogP contribution is 2.22. The third-order valence-corrected chi connectivity index (χ3v) is 5.06. The van der Waals surface area contributed by atoms with Gasteiger partial charge in [-0.25, -0.2) is 9.59 Å². The van der Waals surface area contributed by atoms with Gasteiger partial charge in [-0.3, -0.25) is 9.69 Å². The molecular weight excluding hydrogens is 406 g/mol. The zero-order valence-electron chi connectivity index (χ0n) is 15.6. The molecule has 1 aromatic heterocycles. The first-order chi connectivity index (χ1) is 14.4. The first-order valence-electron chi connectivity index (χ1n) is 9.03. The topological polar surface area (TPSA) is 91.6 Å². The van der Waals surface area contributed by atoms with Crippen LogP contribution in [0.3, 0.4) is 0 Å². The molecule has 4 rings (SSSR count). The highest BCUT2D eigenvalue weighted by atomic mass is 35.5. The van der Waals surface area contributed by atoms with E-state index in [0.29, 0.717) is 22.0 Å². The van der Waals surface area contributed by atoms with Crippen LogP contribution in [0, 0.1) is 0 Å². The molecular formula is C22H16ClN3O4. The summed E-state index contributed by atoms with van der Waals surface area (Å²) in [4.78, 5) is 37.5. The average Bonchev–Trinajstić information content (AvgIpc) is 3.30. The Bertz CT molecular complexity index is 1200. The van der Waals surface area contributed by atoms with Crippen LogP contribution in [-0.4, -0.2) is 32.5 Å². The van der Waals surface area contributed by atoms with Gasteiger partial charge in [0.25, 0.3) is 5.91 Å². The quantitative estimate of drug-likeness (QED) is 0.482. The molecule has 30 heavy (non-hydrogen) atoms. The number of aromatic carboxylic acids is 1. The van der Waals surface area contributed by atoms with Gasteiger partial charge in [0.1, 0.15) is 5.70 Å². The minimum atomic E-state index is -1.03. The van der Waals surface area contributed by atoms with E-state index in [1.807, 2.05) is 0 Å². The van der Waals surface area contributed by atoms with E-state index in [4.69, 9.17) is 11.6 Å². The van der Waals surface area contributed by atoms with Crippen molar-refractivity contribution >= 4 is 35.6 Å². The number of carbonyl (C=O) groups is 3. The Morgan fingerprint density at radius 3 is 2.63 bits per heavy atom. The van der Waals surface area contributed by atoms with Gasteiger partial charge in [-0.1, -0.05) is 35.9 Å². The third-order valence-electron chi connectivity index (χ3n) is 4.69. The van der Waals surface area contributed by atoms with Crippen LogP contribution in [0.25, 0.3) is 11.8 Å². The zero-order chi connectivity index (χ0) is 21.3. The van der Waals surface area contributed by atoms with Gasteiger partial charge in [0, 0.05) is 22.6 Å². The summed E-state index contributed by atoms with van der Waals surface area (Å²) in [7, 11) is 0. The summed E-state index contributed by atoms with van der Waals surface area (Å²) in [5.74, 6) is -1.50. The summed E-state index contributed by atoms with van der Waals surface area (Å²) >= 11 is 6.14. The number of halogens is 1. The highest BCUT2D eigenvalue weighted by molar-refractivity contribution is 6.31. The molecule has 0 unspecified atom stereocenters. The Hall–Kier alpha value is -3.84. The summed E-state index contributed by atoms with van der Waals surface area (Å²) in [6.45, 7) is 0.0589. The Kier molecular flexibility index (Phi) is 5.12. The number of amides is 3. The maximum atomic E-state index is 12.8. The number of benzene rings is 2. The molecule has 1 saturated heterocycles. The molecule has 1 aliphatic rings. The number of carboxylic acids is 1. The Morgan fingerprint density at radius 1 is 1.07 bits per heavy atom. The summed E-state index contributed by atoms with van der Waals surface area (Å²) in [5.41, 5.74) is 2.17. The molecule has 0 atom stereocenters. The number of hydrogen-bond acceptors (Lipinski definition) is 3. The van der Waals surface area contributed by atoms with E-state index in [0.717, 1.165) is 4.90 Å². The molecule has 0 aliphatic carbocycles. The van der Waals surface area contributed by atoms with Gasteiger partial charge < -0.3 is 15.0 Å². The number of carboxylic acid groups (broad SMARTS) is 1. The van der Waals surface area contributed by atoms with Gasteiger partial charge in [-0.05, 0) is 48.0 Å². The number of urea groups is 1. The first kappa shape index (κ1) is 19.5. The van der Waals surface area contributed by atoms with Gasteiger partial charge in [-0.15, -0.1) is 0 Å². The fraction of sp³-hybridized carbons (Fsp3) is 0.0455. The minimum Gasteiger partial charge on any atom is -0.478 e. The van der Waals surface area contributed by atoms with Gasteiger partial charge in [0.05, 0.1) is 12.1 Å². The van der Waals surface area contributed by atoms with Crippen LogP contribution in [0.2, 0.25) is 5.02 Å². The molecule has 2 aromatic carbocycles. The van der Waals surface area contributed by atoms with Crippen LogP contribution < -0.4 is 5.32 Å². The number of imide groups is 1. The van der Waals surface area contributed by atoms with Crippen molar-refractivity contribution in [3.8, 4) is 5.69 Å². The zero-order valence-corrected chi connectivity index (χ0v) is 16.3. The SMILES string of the molecule is O=C(O)c1cccc(-n2cccc2/C=C2/NC(=O)N(Cc3ccccc3Cl)C2=O)c1. The summed E-state index contributed by atoms with van der Waals surface area (Å²) < 4.78 is 1.73. The number of hydrogen-bond donors (Lipinski definition) is 2. The largest absolute Gasteiger partial charge is 0.478 e. The molecule has 7 nitrogen and oxygen atoms in total. The van der Waals surface area contributed by atoms with Gasteiger partial charge in [-0.2, -0.15) is 0 Å². The molecule has 2 N–H and O–H groups in total. The fourth-order valence-electron chi connectivity index (χ4n) is 3.20. The lowest BCUT2D eigenvalue weighted by Gasteiger charge is -2.12. The normalized spacial score (nSPS) is 15.0. The molecule has 0 spiro atoms. The van der Waals surface area contributed by atoms with E-state index < -0.39 is 17.9 Å². The van der Waals surface area contributed by atoms with Crippen molar-refractivity contribution in [1.29, 1.82) is 0 Å². The molecule has 150 valence electrons. The van der Waals surface area contributed by atoms with Crippen molar-refractivity contribution < 1.29 is 19.5 Å². The number of rotatable bonds is 5. The Balaban J connectivity index is 1.63. The van der Waals surface area contributed by atoms with Gasteiger partial charge in [0.2, 0.25) is 0 Å². The number of carbonyl (C=O) groups excluding carboxylic acids is 2. The van der Waals surface area contributed by atoms with Crippen LogP contribution in [0.5, 0.6) is 0 Å². The maximum absolute atomic E-state index is 12.8. The second kappa shape index (κ2) is 7.88. The second-order valence-corrected chi connectivity index (χ2v) is 7.04. The summed E-state index contributed by atoms with van der Waals surface area (Å²) in [6.07, 6.45) is 3.30. The second-order valence-electron chi connectivity index (χ2n) is 6.63. The number of nitrogens with one attached hydrogen (secondary N) is 1. The average molecular weight is 422 g/mol. The van der Waals surface area contributed by atoms with Crippen LogP contribution in [0.1, 0.15) is 21.6 Å². The van der Waals surface area contributed by atoms with Crippen LogP contribution in [0.4, 0.5) is 4.79 Å². The molecule has 0 bridgehead atoms. The van der Waals surface area contributed by atoms with Crippen LogP contribution >= 0.6 is 11.6 Å². The Labute approximate surface area is 176 Å². The van der Waals surface area contributed by atoms with E-state index in [2.05, 4.69) is 5.32 Å². The lowest BCUT2D eigenvalue weighted by Crippen LogP contribution is -2.30. The lowest BCUT2D eigenvalue weighted by molar-refractivity contribution is -0.123. The van der Waals surface area contributed by atoms with Crippen molar-refractivity contribution in [2.24, 2.45) is 0 Å². The third kappa shape index (κ3) is 3.70. The predicted molar refractivity (Wildman–Crippen MR) is 111 cm³/mol. The molecule has 8 heteroatoms. The maximum Gasteiger partial charge on any atom is 0.335 e. The Morgan fingerprint density at radius 2 is 1.87 bits per heavy atom. The molecule has 0 radical (unpaired) electrons. The molecule has 3 amide bonds. The first-order valence-corrected chi connectivity index (χ1v) is 9.41. The van der Waals surface area contributed by atoms with E-state index in [1.165, 1.54) is 12.1 Å². The standard InChI is InChI=1S/C22H16ClN3O4/c23-18-9-2-1-5-15(18)13-26-20(27)19(24-22(26)30)12-17-8-4-10-25(17)16-7-3-6-14(11-16)21(28)29/h1-12H,13H2,(H,24,30)(H,28,29)/b19-12+. The predicted octanol–water partition coefficient (Wildman–Crippen LogP) is 3.92. The number of aromatic nitrogens is 1. The minimum absolute atomic E-state index is 0.0589. The van der Waals surface area contributed by atoms with Crippen molar-refractivity contribution in [2.45, 2.75) is 6.54 Å². The highest BCUT2D eigenvalue weighted by Gasteiger charge is 2.34. The van der Waals surface area contributed by atoms with E-state index in [-0.39, 0.29) is 17.8 Å². The fourth-order valence-corrected chi connectivity index (χ4v) is 3.39. The van der Waals surface area contributed by atoms with E-state index in [9.17, 15) is 19.5 Å². The lowest BCUT2D eigenvalue weighted by atomic mass is 10.2. The summed E-state index contributed by atoms with van der Waals surface area (Å²) in [6, 6.07) is 16.4. The van der Waals surface area contributed by atoms with Crippen molar-refractivity contribution in [2.75, 3.05) is 0 Å². The van der Waals surface area contributed by atoms with Gasteiger partial charge >= 0.3 is 12.0 Å². The molecule has 1 aliphatic heterocycles. The van der Waals surface area contributed by atoms with Crippen molar-refractivity contribution in [3.05, 3.63) is 94.4 Å². The smallest absolute Gasteiger partial charge is 0.335 e. The number of nitrogens with zero attached hydrogens (tertiary/aromatic N) is 2. The van der Waals surface area contributed by atoms with E-state index in [1.54, 1.807) is 65.4 Å². The van der Waals surface area contributed by atoms with Crippen LogP contribution in [-0.2, 0) is 11.3 Å². The van der Waals surface area contributed by atoms with Gasteiger partial charge in [0.15, 0.2) is 0 Å². The summed E-state index contributed by atoms with van der Waals surface area (Å²) in [5, 5.41) is 12.3. The molecule has 0 saturated carbocycles. The molecule has 2 heterocycles. The monoisotopic (exact) mass is 421 g/mol. The molecule has 1 fully saturated rings. The van der Waals surface area contributed by atoms with E-state index >= 15 is 0 Å². The van der Waals surface area contributed by atoms with Crippen molar-refractivity contribution in [1.82, 2.24) is 14.8 Å². The molecule has 3 aromatic rings.